The smallest absolute Gasteiger partial charge is 0.244 e. The van der Waals surface area contributed by atoms with Crippen molar-refractivity contribution in [2.24, 2.45) is 7.05 Å². The zero-order chi connectivity index (χ0) is 22.4. The number of hydrogen-bond acceptors (Lipinski definition) is 6. The highest BCUT2D eigenvalue weighted by atomic mass is 32.2. The Morgan fingerprint density at radius 1 is 1.19 bits per heavy atom. The maximum absolute atomic E-state index is 12.8. The summed E-state index contributed by atoms with van der Waals surface area (Å²) in [5.74, 6) is 1.29. The van der Waals surface area contributed by atoms with E-state index < -0.39 is 0 Å². The average Bonchev–Trinajstić information content (AvgIpc) is 3.32. The molecule has 0 aliphatic rings. The molecular weight excluding hydrogens is 414 g/mol. The molecule has 0 atom stereocenters. The van der Waals surface area contributed by atoms with Crippen LogP contribution >= 0.6 is 11.8 Å². The third kappa shape index (κ3) is 5.55. The lowest BCUT2D eigenvalue weighted by Crippen LogP contribution is -2.39. The fourth-order valence-corrected chi connectivity index (χ4v) is 3.96. The van der Waals surface area contributed by atoms with Crippen molar-refractivity contribution in [3.8, 4) is 11.4 Å². The van der Waals surface area contributed by atoms with Crippen molar-refractivity contribution in [2.75, 3.05) is 24.2 Å². The third-order valence-corrected chi connectivity index (χ3v) is 5.86. The standard InChI is InChI=1S/C22H27N5O3S/c1-5-11-27(13-19(28)23-18-9-7-6-8-15(18)2)20(29)14-31-22-25-24-21(26(22)4)17-10-12-30-16(17)3/h6-10,12H,5,11,13-14H2,1-4H3,(H,23,28). The number of rotatable bonds is 9. The van der Waals surface area contributed by atoms with E-state index in [1.54, 1.807) is 11.2 Å². The fraction of sp³-hybridized carbons (Fsp3) is 0.364. The first-order valence-electron chi connectivity index (χ1n) is 10.1. The second-order valence-corrected chi connectivity index (χ2v) is 8.17. The monoisotopic (exact) mass is 441 g/mol. The van der Waals surface area contributed by atoms with Gasteiger partial charge in [0, 0.05) is 19.3 Å². The maximum Gasteiger partial charge on any atom is 0.244 e. The van der Waals surface area contributed by atoms with Crippen LogP contribution in [0.2, 0.25) is 0 Å². The summed E-state index contributed by atoms with van der Waals surface area (Å²) in [6, 6.07) is 9.41. The number of benzene rings is 1. The average molecular weight is 442 g/mol. The predicted octanol–water partition coefficient (Wildman–Crippen LogP) is 3.66. The number of thioether (sulfide) groups is 1. The summed E-state index contributed by atoms with van der Waals surface area (Å²) in [7, 11) is 1.86. The Labute approximate surface area is 186 Å². The van der Waals surface area contributed by atoms with Crippen LogP contribution in [0.25, 0.3) is 11.4 Å². The summed E-state index contributed by atoms with van der Waals surface area (Å²) >= 11 is 1.30. The summed E-state index contributed by atoms with van der Waals surface area (Å²) in [4.78, 5) is 26.9. The lowest BCUT2D eigenvalue weighted by atomic mass is 10.2. The third-order valence-electron chi connectivity index (χ3n) is 4.86. The van der Waals surface area contributed by atoms with Crippen LogP contribution in [-0.4, -0.2) is 50.3 Å². The Bertz CT molecular complexity index is 1060. The lowest BCUT2D eigenvalue weighted by Gasteiger charge is -2.21. The van der Waals surface area contributed by atoms with Gasteiger partial charge in [0.05, 0.1) is 24.1 Å². The molecule has 2 amide bonds. The second kappa shape index (κ2) is 10.3. The van der Waals surface area contributed by atoms with Gasteiger partial charge in [0.15, 0.2) is 11.0 Å². The van der Waals surface area contributed by atoms with E-state index in [-0.39, 0.29) is 24.1 Å². The molecule has 0 radical (unpaired) electrons. The molecule has 1 aromatic carbocycles. The number of para-hydroxylation sites is 1. The van der Waals surface area contributed by atoms with E-state index in [4.69, 9.17) is 4.42 Å². The summed E-state index contributed by atoms with van der Waals surface area (Å²) in [5, 5.41) is 11.9. The Kier molecular flexibility index (Phi) is 7.51. The second-order valence-electron chi connectivity index (χ2n) is 7.22. The van der Waals surface area contributed by atoms with Gasteiger partial charge in [0.25, 0.3) is 0 Å². The van der Waals surface area contributed by atoms with E-state index in [0.29, 0.717) is 17.5 Å². The van der Waals surface area contributed by atoms with Crippen molar-refractivity contribution in [3.63, 3.8) is 0 Å². The molecular formula is C22H27N5O3S. The number of hydrogen-bond donors (Lipinski definition) is 1. The van der Waals surface area contributed by atoms with Crippen LogP contribution in [0.5, 0.6) is 0 Å². The molecule has 0 aliphatic carbocycles. The molecule has 0 bridgehead atoms. The van der Waals surface area contributed by atoms with Gasteiger partial charge >= 0.3 is 0 Å². The first-order chi connectivity index (χ1) is 14.9. The van der Waals surface area contributed by atoms with Crippen LogP contribution in [0, 0.1) is 13.8 Å². The molecule has 0 fully saturated rings. The van der Waals surface area contributed by atoms with Crippen LogP contribution in [0.3, 0.4) is 0 Å². The van der Waals surface area contributed by atoms with Crippen molar-refractivity contribution in [3.05, 3.63) is 47.9 Å². The first-order valence-corrected chi connectivity index (χ1v) is 11.1. The topological polar surface area (TPSA) is 93.3 Å². The van der Waals surface area contributed by atoms with Crippen molar-refractivity contribution in [2.45, 2.75) is 32.3 Å². The molecule has 0 saturated carbocycles. The van der Waals surface area contributed by atoms with E-state index in [9.17, 15) is 9.59 Å². The number of furan rings is 1. The summed E-state index contributed by atoms with van der Waals surface area (Å²) in [6.45, 7) is 6.31. The number of carbonyl (C=O) groups excluding carboxylic acids is 2. The largest absolute Gasteiger partial charge is 0.469 e. The van der Waals surface area contributed by atoms with Crippen molar-refractivity contribution >= 4 is 29.3 Å². The van der Waals surface area contributed by atoms with Crippen LogP contribution in [0.15, 0.2) is 46.2 Å². The molecule has 0 saturated heterocycles. The van der Waals surface area contributed by atoms with Crippen molar-refractivity contribution in [1.82, 2.24) is 19.7 Å². The van der Waals surface area contributed by atoms with Gasteiger partial charge in [0.2, 0.25) is 11.8 Å². The minimum Gasteiger partial charge on any atom is -0.469 e. The quantitative estimate of drug-likeness (QED) is 0.510. The Hall–Kier alpha value is -3.07. The number of aromatic nitrogens is 3. The van der Waals surface area contributed by atoms with Gasteiger partial charge in [-0.3, -0.25) is 9.59 Å². The van der Waals surface area contributed by atoms with Crippen molar-refractivity contribution < 1.29 is 14.0 Å². The van der Waals surface area contributed by atoms with Gasteiger partial charge in [-0.2, -0.15) is 0 Å². The SMILES string of the molecule is CCCN(CC(=O)Nc1ccccc1C)C(=O)CSc1nnc(-c2ccoc2C)n1C. The number of anilines is 1. The molecule has 0 unspecified atom stereocenters. The molecule has 9 heteroatoms. The fourth-order valence-electron chi connectivity index (χ4n) is 3.15. The lowest BCUT2D eigenvalue weighted by molar-refractivity contribution is -0.132. The van der Waals surface area contributed by atoms with E-state index in [2.05, 4.69) is 15.5 Å². The summed E-state index contributed by atoms with van der Waals surface area (Å²) in [6.07, 6.45) is 2.38. The Balaban J connectivity index is 1.61. The molecule has 3 aromatic rings. The molecule has 8 nitrogen and oxygen atoms in total. The van der Waals surface area contributed by atoms with Crippen molar-refractivity contribution in [1.29, 1.82) is 0 Å². The number of nitrogens with one attached hydrogen (secondary N) is 1. The number of amides is 2. The highest BCUT2D eigenvalue weighted by molar-refractivity contribution is 7.99. The van der Waals surface area contributed by atoms with E-state index in [1.165, 1.54) is 11.8 Å². The molecule has 2 aromatic heterocycles. The zero-order valence-corrected chi connectivity index (χ0v) is 19.0. The van der Waals surface area contributed by atoms with Crippen LogP contribution in [0.4, 0.5) is 5.69 Å². The summed E-state index contributed by atoms with van der Waals surface area (Å²) in [5.41, 5.74) is 2.60. The maximum atomic E-state index is 12.8. The molecule has 31 heavy (non-hydrogen) atoms. The van der Waals surface area contributed by atoms with E-state index >= 15 is 0 Å². The zero-order valence-electron chi connectivity index (χ0n) is 18.2. The first kappa shape index (κ1) is 22.6. The molecule has 0 aliphatic heterocycles. The van der Waals surface area contributed by atoms with Gasteiger partial charge < -0.3 is 19.2 Å². The molecule has 1 N–H and O–H groups in total. The van der Waals surface area contributed by atoms with Gasteiger partial charge in [-0.25, -0.2) is 0 Å². The molecule has 3 rings (SSSR count). The van der Waals surface area contributed by atoms with Gasteiger partial charge in [0.1, 0.15) is 5.76 Å². The number of carbonyl (C=O) groups is 2. The number of aryl methyl sites for hydroxylation is 2. The van der Waals surface area contributed by atoms with Gasteiger partial charge in [-0.15, -0.1) is 10.2 Å². The minimum atomic E-state index is -0.211. The number of nitrogens with zero attached hydrogens (tertiary/aromatic N) is 4. The van der Waals surface area contributed by atoms with Crippen LogP contribution < -0.4 is 5.32 Å². The Morgan fingerprint density at radius 2 is 1.97 bits per heavy atom. The van der Waals surface area contributed by atoms with Crippen LogP contribution in [0.1, 0.15) is 24.7 Å². The Morgan fingerprint density at radius 3 is 2.65 bits per heavy atom. The highest BCUT2D eigenvalue weighted by Gasteiger charge is 2.20. The van der Waals surface area contributed by atoms with E-state index in [1.807, 2.05) is 62.7 Å². The molecule has 0 spiro atoms. The van der Waals surface area contributed by atoms with E-state index in [0.717, 1.165) is 29.0 Å². The molecule has 164 valence electrons. The van der Waals surface area contributed by atoms with Gasteiger partial charge in [-0.05, 0) is 38.0 Å². The normalized spacial score (nSPS) is 10.8. The minimum absolute atomic E-state index is 0.0137. The molecule has 2 heterocycles. The van der Waals surface area contributed by atoms with Crippen LogP contribution in [-0.2, 0) is 16.6 Å². The summed E-state index contributed by atoms with van der Waals surface area (Å²) < 4.78 is 7.18. The van der Waals surface area contributed by atoms with Gasteiger partial charge in [-0.1, -0.05) is 36.9 Å². The highest BCUT2D eigenvalue weighted by Crippen LogP contribution is 2.26. The predicted molar refractivity (Wildman–Crippen MR) is 121 cm³/mol.